The first-order chi connectivity index (χ1) is 9.54. The fourth-order valence-electron chi connectivity index (χ4n) is 2.73. The van der Waals surface area contributed by atoms with Crippen LogP contribution in [0.4, 0.5) is 0 Å². The second-order valence-corrected chi connectivity index (χ2v) is 5.11. The minimum absolute atomic E-state index is 0.0964. The molecule has 0 aromatic heterocycles. The van der Waals surface area contributed by atoms with Crippen molar-refractivity contribution >= 4 is 11.9 Å². The van der Waals surface area contributed by atoms with Gasteiger partial charge in [-0.1, -0.05) is 37.3 Å². The Hall–Kier alpha value is -1.88. The summed E-state index contributed by atoms with van der Waals surface area (Å²) in [5.74, 6) is -1.64. The third kappa shape index (κ3) is 2.82. The summed E-state index contributed by atoms with van der Waals surface area (Å²) in [4.78, 5) is 25.1. The molecule has 3 atom stereocenters. The molecule has 1 heterocycles. The number of hydrogen-bond acceptors (Lipinski definition) is 3. The number of hydrogen-bond donors (Lipinski definition) is 2. The summed E-state index contributed by atoms with van der Waals surface area (Å²) < 4.78 is 0. The topological polar surface area (TPSA) is 77.8 Å². The lowest BCUT2D eigenvalue weighted by Crippen LogP contribution is -2.43. The van der Waals surface area contributed by atoms with Crippen LogP contribution < -0.4 is 0 Å². The van der Waals surface area contributed by atoms with E-state index >= 15 is 0 Å². The molecule has 20 heavy (non-hydrogen) atoms. The van der Waals surface area contributed by atoms with Crippen molar-refractivity contribution in [2.24, 2.45) is 0 Å². The molecule has 1 fully saturated rings. The molecule has 2 N–H and O–H groups in total. The number of carbonyl (C=O) groups is 2. The Morgan fingerprint density at radius 3 is 2.55 bits per heavy atom. The van der Waals surface area contributed by atoms with Gasteiger partial charge in [-0.25, -0.2) is 4.79 Å². The molecular formula is C15H19NO4. The van der Waals surface area contributed by atoms with Gasteiger partial charge in [0.2, 0.25) is 5.91 Å². The van der Waals surface area contributed by atoms with Gasteiger partial charge in [-0.2, -0.15) is 0 Å². The highest BCUT2D eigenvalue weighted by Gasteiger charge is 2.40. The number of β-amino-alcohol motifs (C(OH)–C–C–N with tert-alkyl or cyclic N) is 1. The molecule has 108 valence electrons. The number of amides is 1. The van der Waals surface area contributed by atoms with Gasteiger partial charge in [-0.15, -0.1) is 0 Å². The summed E-state index contributed by atoms with van der Waals surface area (Å²) in [6.07, 6.45) is -0.0537. The first kappa shape index (κ1) is 14.5. The van der Waals surface area contributed by atoms with Crippen LogP contribution in [0, 0.1) is 0 Å². The maximum atomic E-state index is 12.6. The molecule has 0 bridgehead atoms. The molecule has 0 spiro atoms. The predicted molar refractivity (Wildman–Crippen MR) is 73.2 cm³/mol. The number of likely N-dealkylation sites (tertiary alicyclic amines) is 1. The number of carboxylic acid groups (broad SMARTS) is 1. The SMILES string of the molecule is CCC(C(=O)N1CC(O)CC1C(=O)O)c1ccccc1. The van der Waals surface area contributed by atoms with E-state index in [2.05, 4.69) is 0 Å². The number of carbonyl (C=O) groups excluding carboxylic acids is 1. The number of aliphatic carboxylic acids is 1. The van der Waals surface area contributed by atoms with Crippen LogP contribution in [0.1, 0.15) is 31.2 Å². The van der Waals surface area contributed by atoms with E-state index in [1.54, 1.807) is 0 Å². The fourth-order valence-corrected chi connectivity index (χ4v) is 2.73. The minimum Gasteiger partial charge on any atom is -0.480 e. The highest BCUT2D eigenvalue weighted by atomic mass is 16.4. The van der Waals surface area contributed by atoms with Gasteiger partial charge < -0.3 is 15.1 Å². The number of aliphatic hydroxyl groups excluding tert-OH is 1. The molecule has 3 unspecified atom stereocenters. The molecule has 1 amide bonds. The molecule has 1 aromatic rings. The van der Waals surface area contributed by atoms with Crippen LogP contribution in [0.2, 0.25) is 0 Å². The van der Waals surface area contributed by atoms with Gasteiger partial charge in [0.15, 0.2) is 0 Å². The van der Waals surface area contributed by atoms with Gasteiger partial charge in [-0.3, -0.25) is 4.79 Å². The van der Waals surface area contributed by atoms with Crippen LogP contribution in [-0.2, 0) is 9.59 Å². The summed E-state index contributed by atoms with van der Waals surface area (Å²) in [7, 11) is 0. The average molecular weight is 277 g/mol. The molecule has 0 aliphatic carbocycles. The summed E-state index contributed by atoms with van der Waals surface area (Å²) in [5, 5.41) is 18.8. The second kappa shape index (κ2) is 6.05. The Morgan fingerprint density at radius 2 is 2.00 bits per heavy atom. The van der Waals surface area contributed by atoms with Crippen molar-refractivity contribution in [2.75, 3.05) is 6.54 Å². The van der Waals surface area contributed by atoms with Crippen molar-refractivity contribution in [3.8, 4) is 0 Å². The van der Waals surface area contributed by atoms with E-state index in [1.165, 1.54) is 4.90 Å². The monoisotopic (exact) mass is 277 g/mol. The highest BCUT2D eigenvalue weighted by Crippen LogP contribution is 2.27. The first-order valence-electron chi connectivity index (χ1n) is 6.80. The normalized spacial score (nSPS) is 23.6. The first-order valence-corrected chi connectivity index (χ1v) is 6.80. The molecule has 1 saturated heterocycles. The second-order valence-electron chi connectivity index (χ2n) is 5.11. The number of aliphatic hydroxyl groups is 1. The number of nitrogens with zero attached hydrogens (tertiary/aromatic N) is 1. The van der Waals surface area contributed by atoms with Gasteiger partial charge in [0.25, 0.3) is 0 Å². The van der Waals surface area contributed by atoms with E-state index in [1.807, 2.05) is 37.3 Å². The summed E-state index contributed by atoms with van der Waals surface area (Å²) >= 11 is 0. The third-order valence-corrected chi connectivity index (χ3v) is 3.76. The quantitative estimate of drug-likeness (QED) is 0.867. The van der Waals surface area contributed by atoms with E-state index in [0.717, 1.165) is 5.56 Å². The standard InChI is InChI=1S/C15H19NO4/c1-2-12(10-6-4-3-5-7-10)14(18)16-9-11(17)8-13(16)15(19)20/h3-7,11-13,17H,2,8-9H2,1H3,(H,19,20). The van der Waals surface area contributed by atoms with Crippen molar-refractivity contribution in [3.05, 3.63) is 35.9 Å². The highest BCUT2D eigenvalue weighted by molar-refractivity contribution is 5.88. The van der Waals surface area contributed by atoms with E-state index in [0.29, 0.717) is 6.42 Å². The van der Waals surface area contributed by atoms with Gasteiger partial charge >= 0.3 is 5.97 Å². The smallest absolute Gasteiger partial charge is 0.326 e. The van der Waals surface area contributed by atoms with Crippen LogP contribution >= 0.6 is 0 Å². The van der Waals surface area contributed by atoms with Gasteiger partial charge in [0, 0.05) is 13.0 Å². The van der Waals surface area contributed by atoms with Crippen LogP contribution in [0.5, 0.6) is 0 Å². The zero-order valence-corrected chi connectivity index (χ0v) is 11.4. The molecule has 1 aromatic carbocycles. The van der Waals surface area contributed by atoms with Crippen LogP contribution in [0.15, 0.2) is 30.3 Å². The minimum atomic E-state index is -1.06. The Bertz CT molecular complexity index is 488. The van der Waals surface area contributed by atoms with Gasteiger partial charge in [0.05, 0.1) is 12.0 Å². The summed E-state index contributed by atoms with van der Waals surface area (Å²) in [6, 6.07) is 8.41. The van der Waals surface area contributed by atoms with Crippen molar-refractivity contribution in [2.45, 2.75) is 37.8 Å². The molecule has 1 aliphatic rings. The zero-order chi connectivity index (χ0) is 14.7. The number of rotatable bonds is 4. The van der Waals surface area contributed by atoms with E-state index < -0.39 is 18.1 Å². The lowest BCUT2D eigenvalue weighted by molar-refractivity contribution is -0.148. The van der Waals surface area contributed by atoms with Crippen LogP contribution in [0.3, 0.4) is 0 Å². The molecule has 5 nitrogen and oxygen atoms in total. The van der Waals surface area contributed by atoms with Gasteiger partial charge in [-0.05, 0) is 12.0 Å². The van der Waals surface area contributed by atoms with Crippen molar-refractivity contribution in [1.29, 1.82) is 0 Å². The van der Waals surface area contributed by atoms with Crippen molar-refractivity contribution in [3.63, 3.8) is 0 Å². The number of benzene rings is 1. The van der Waals surface area contributed by atoms with E-state index in [4.69, 9.17) is 0 Å². The molecular weight excluding hydrogens is 258 g/mol. The maximum Gasteiger partial charge on any atom is 0.326 e. The van der Waals surface area contributed by atoms with Crippen LogP contribution in [-0.4, -0.2) is 45.7 Å². The van der Waals surface area contributed by atoms with Gasteiger partial charge in [0.1, 0.15) is 6.04 Å². The predicted octanol–water partition coefficient (Wildman–Crippen LogP) is 1.23. The Kier molecular flexibility index (Phi) is 4.39. The fraction of sp³-hybridized carbons (Fsp3) is 0.467. The largest absolute Gasteiger partial charge is 0.480 e. The summed E-state index contributed by atoms with van der Waals surface area (Å²) in [6.45, 7) is 2.00. The Labute approximate surface area is 117 Å². The molecule has 5 heteroatoms. The van der Waals surface area contributed by atoms with Crippen LogP contribution in [0.25, 0.3) is 0 Å². The summed E-state index contributed by atoms with van der Waals surface area (Å²) in [5.41, 5.74) is 0.880. The molecule has 0 radical (unpaired) electrons. The number of carboxylic acids is 1. The molecule has 2 rings (SSSR count). The van der Waals surface area contributed by atoms with Crippen molar-refractivity contribution in [1.82, 2.24) is 4.90 Å². The molecule has 0 saturated carbocycles. The Balaban J connectivity index is 2.22. The van der Waals surface area contributed by atoms with E-state index in [-0.39, 0.29) is 24.8 Å². The lowest BCUT2D eigenvalue weighted by Gasteiger charge is -2.26. The third-order valence-electron chi connectivity index (χ3n) is 3.76. The lowest BCUT2D eigenvalue weighted by atomic mass is 9.95. The zero-order valence-electron chi connectivity index (χ0n) is 11.4. The average Bonchev–Trinajstić information content (AvgIpc) is 2.83. The van der Waals surface area contributed by atoms with E-state index in [9.17, 15) is 19.8 Å². The van der Waals surface area contributed by atoms with Crippen molar-refractivity contribution < 1.29 is 19.8 Å². The maximum absolute atomic E-state index is 12.6. The molecule has 1 aliphatic heterocycles. The Morgan fingerprint density at radius 1 is 1.35 bits per heavy atom.